The molecule has 0 aliphatic carbocycles. The van der Waals surface area contributed by atoms with Gasteiger partial charge < -0.3 is 0 Å². The van der Waals surface area contributed by atoms with Gasteiger partial charge in [-0.3, -0.25) is 10.1 Å². The van der Waals surface area contributed by atoms with Gasteiger partial charge in [0.2, 0.25) is 0 Å². The van der Waals surface area contributed by atoms with Crippen LogP contribution in [0.5, 0.6) is 0 Å². The van der Waals surface area contributed by atoms with Gasteiger partial charge >= 0.3 is 0 Å². The Kier molecular flexibility index (Phi) is 3.15. The number of thiophene rings is 1. The third-order valence-corrected chi connectivity index (χ3v) is 5.87. The summed E-state index contributed by atoms with van der Waals surface area (Å²) in [6, 6.07) is 6.69. The molecule has 0 amide bonds. The van der Waals surface area contributed by atoms with Gasteiger partial charge in [-0.2, -0.15) is 11.3 Å². The van der Waals surface area contributed by atoms with Gasteiger partial charge in [0.1, 0.15) is 0 Å². The zero-order valence-corrected chi connectivity index (χ0v) is 11.5. The summed E-state index contributed by atoms with van der Waals surface area (Å²) in [7, 11) is 0. The molecule has 90 valence electrons. The largest absolute Gasteiger partial charge is 0.269 e. The molecule has 3 nitrogen and oxygen atoms in total. The predicted octanol–water partition coefficient (Wildman–Crippen LogP) is 4.85. The van der Waals surface area contributed by atoms with E-state index in [-0.39, 0.29) is 10.6 Å². The quantitative estimate of drug-likeness (QED) is 0.586. The zero-order valence-electron chi connectivity index (χ0n) is 9.03. The third-order valence-electron chi connectivity index (χ3n) is 2.47. The summed E-state index contributed by atoms with van der Waals surface area (Å²) in [6.07, 6.45) is 0. The van der Waals surface area contributed by atoms with E-state index in [1.807, 2.05) is 0 Å². The molecule has 0 spiro atoms. The van der Waals surface area contributed by atoms with Crippen LogP contribution in [-0.2, 0) is 0 Å². The Hall–Kier alpha value is -1.24. The topological polar surface area (TPSA) is 43.1 Å². The van der Waals surface area contributed by atoms with Crippen LogP contribution in [0.15, 0.2) is 50.2 Å². The Bertz CT molecular complexity index is 631. The van der Waals surface area contributed by atoms with Gasteiger partial charge in [-0.25, -0.2) is 0 Å². The highest BCUT2D eigenvalue weighted by molar-refractivity contribution is 8.12. The number of non-ortho nitro benzene ring substituents is 1. The first-order chi connectivity index (χ1) is 8.74. The second kappa shape index (κ2) is 4.79. The molecule has 1 aliphatic heterocycles. The predicted molar refractivity (Wildman–Crippen MR) is 77.1 cm³/mol. The zero-order chi connectivity index (χ0) is 12.5. The van der Waals surface area contributed by atoms with Crippen molar-refractivity contribution in [3.05, 3.63) is 56.1 Å². The van der Waals surface area contributed by atoms with Gasteiger partial charge in [-0.05, 0) is 23.1 Å². The molecule has 0 N–H and O–H groups in total. The highest BCUT2D eigenvalue weighted by Crippen LogP contribution is 2.47. The average Bonchev–Trinajstić information content (AvgIpc) is 2.86. The number of fused-ring (bicyclic) bond motifs is 1. The van der Waals surface area contributed by atoms with Crippen LogP contribution in [0, 0.1) is 10.1 Å². The average molecular weight is 293 g/mol. The summed E-state index contributed by atoms with van der Waals surface area (Å²) in [5.74, 6) is 0. The van der Waals surface area contributed by atoms with Gasteiger partial charge in [-0.1, -0.05) is 23.5 Å². The normalized spacial score (nSPS) is 13.9. The van der Waals surface area contributed by atoms with E-state index >= 15 is 0 Å². The van der Waals surface area contributed by atoms with Crippen LogP contribution in [-0.4, -0.2) is 4.92 Å². The molecule has 1 aromatic carbocycles. The fourth-order valence-corrected chi connectivity index (χ4v) is 4.84. The molecule has 1 aliphatic rings. The number of thioether (sulfide) groups is 2. The van der Waals surface area contributed by atoms with Gasteiger partial charge in [0.25, 0.3) is 5.69 Å². The van der Waals surface area contributed by atoms with Crippen molar-refractivity contribution in [1.82, 2.24) is 0 Å². The molecule has 1 aromatic heterocycles. The van der Waals surface area contributed by atoms with Crippen LogP contribution in [0.2, 0.25) is 0 Å². The number of nitro benzene ring substituents is 1. The van der Waals surface area contributed by atoms with E-state index in [1.54, 1.807) is 59.1 Å². The minimum absolute atomic E-state index is 0.129. The molecule has 0 fully saturated rings. The van der Waals surface area contributed by atoms with Crippen molar-refractivity contribution in [1.29, 1.82) is 0 Å². The molecule has 0 saturated heterocycles. The Morgan fingerprint density at radius 3 is 2.50 bits per heavy atom. The summed E-state index contributed by atoms with van der Waals surface area (Å²) < 4.78 is 0. The van der Waals surface area contributed by atoms with Crippen molar-refractivity contribution in [2.45, 2.75) is 9.79 Å². The third kappa shape index (κ3) is 2.19. The number of hydrogen-bond donors (Lipinski definition) is 0. The van der Waals surface area contributed by atoms with Gasteiger partial charge in [0.15, 0.2) is 0 Å². The summed E-state index contributed by atoms with van der Waals surface area (Å²) in [4.78, 5) is 13.9. The molecule has 0 unspecified atom stereocenters. The monoisotopic (exact) mass is 293 g/mol. The van der Waals surface area contributed by atoms with Crippen LogP contribution < -0.4 is 0 Å². The number of nitro groups is 1. The summed E-state index contributed by atoms with van der Waals surface area (Å²) in [6.45, 7) is 0. The van der Waals surface area contributed by atoms with E-state index in [9.17, 15) is 10.1 Å². The number of nitrogens with zero attached hydrogens (tertiary/aromatic N) is 1. The molecular weight excluding hydrogens is 286 g/mol. The molecule has 0 atom stereocenters. The summed E-state index contributed by atoms with van der Waals surface area (Å²) in [5.41, 5.74) is 1.15. The number of benzene rings is 1. The molecule has 0 radical (unpaired) electrons. The van der Waals surface area contributed by atoms with Crippen molar-refractivity contribution >= 4 is 45.5 Å². The lowest BCUT2D eigenvalue weighted by Gasteiger charge is -2.12. The van der Waals surface area contributed by atoms with E-state index in [0.29, 0.717) is 0 Å². The van der Waals surface area contributed by atoms with E-state index in [1.165, 1.54) is 9.79 Å². The lowest BCUT2D eigenvalue weighted by Crippen LogP contribution is -1.89. The van der Waals surface area contributed by atoms with Crippen molar-refractivity contribution in [2.24, 2.45) is 0 Å². The van der Waals surface area contributed by atoms with Gasteiger partial charge in [-0.15, -0.1) is 0 Å². The Morgan fingerprint density at radius 2 is 1.78 bits per heavy atom. The first kappa shape index (κ1) is 11.8. The van der Waals surface area contributed by atoms with Gasteiger partial charge in [0.05, 0.1) is 4.92 Å². The molecular formula is C12H7NO2S3. The Morgan fingerprint density at radius 1 is 1.06 bits per heavy atom. The van der Waals surface area contributed by atoms with E-state index in [2.05, 4.69) is 16.2 Å². The first-order valence-electron chi connectivity index (χ1n) is 5.10. The summed E-state index contributed by atoms with van der Waals surface area (Å²) in [5, 5.41) is 17.0. The van der Waals surface area contributed by atoms with Crippen molar-refractivity contribution in [2.75, 3.05) is 0 Å². The van der Waals surface area contributed by atoms with Crippen molar-refractivity contribution < 1.29 is 4.92 Å². The highest BCUT2D eigenvalue weighted by Gasteiger charge is 2.15. The van der Waals surface area contributed by atoms with E-state index < -0.39 is 0 Å². The minimum Gasteiger partial charge on any atom is -0.258 e. The van der Waals surface area contributed by atoms with Crippen LogP contribution >= 0.6 is 34.9 Å². The van der Waals surface area contributed by atoms with Crippen molar-refractivity contribution in [3.8, 4) is 0 Å². The lowest BCUT2D eigenvalue weighted by atomic mass is 10.2. The standard InChI is InChI=1S/C12H7NO2S3/c14-13(15)9-3-1-8(2-4-9)10-7-17-11-5-16-6-12(11)18-10/h1-7H. The minimum atomic E-state index is -0.377. The fraction of sp³-hybridized carbons (Fsp3) is 0. The smallest absolute Gasteiger partial charge is 0.258 e. The first-order valence-corrected chi connectivity index (χ1v) is 7.73. The maximum absolute atomic E-state index is 10.6. The van der Waals surface area contributed by atoms with E-state index in [0.717, 1.165) is 10.5 Å². The summed E-state index contributed by atoms with van der Waals surface area (Å²) >= 11 is 5.11. The van der Waals surface area contributed by atoms with Crippen LogP contribution in [0.1, 0.15) is 5.56 Å². The van der Waals surface area contributed by atoms with E-state index in [4.69, 9.17) is 0 Å². The molecule has 3 rings (SSSR count). The molecule has 0 saturated carbocycles. The Balaban J connectivity index is 1.88. The maximum atomic E-state index is 10.6. The second-order valence-electron chi connectivity index (χ2n) is 3.61. The highest BCUT2D eigenvalue weighted by atomic mass is 32.2. The maximum Gasteiger partial charge on any atom is 0.269 e. The van der Waals surface area contributed by atoms with Crippen LogP contribution in [0.3, 0.4) is 0 Å². The molecule has 2 aromatic rings. The Labute approximate surface area is 116 Å². The molecule has 6 heteroatoms. The van der Waals surface area contributed by atoms with Crippen LogP contribution in [0.4, 0.5) is 5.69 Å². The number of hydrogen-bond acceptors (Lipinski definition) is 5. The van der Waals surface area contributed by atoms with Gasteiger partial charge in [0, 0.05) is 37.6 Å². The fourth-order valence-electron chi connectivity index (χ4n) is 1.57. The lowest BCUT2D eigenvalue weighted by molar-refractivity contribution is -0.384. The molecule has 18 heavy (non-hydrogen) atoms. The second-order valence-corrected chi connectivity index (χ2v) is 6.34. The van der Waals surface area contributed by atoms with Crippen LogP contribution in [0.25, 0.3) is 4.91 Å². The SMILES string of the molecule is O=[N+]([O-])c1ccc(C2=CSc3cscc3S2)cc1. The molecule has 0 bridgehead atoms. The van der Waals surface area contributed by atoms with Crippen molar-refractivity contribution in [3.63, 3.8) is 0 Å². The number of rotatable bonds is 2. The molecule has 2 heterocycles.